The van der Waals surface area contributed by atoms with Crippen LogP contribution in [0, 0.1) is 6.92 Å². The lowest BCUT2D eigenvalue weighted by atomic mass is 10.2. The van der Waals surface area contributed by atoms with Crippen LogP contribution in [0.4, 0.5) is 5.69 Å². The molecule has 20 heavy (non-hydrogen) atoms. The standard InChI is InChI=1S/C12H12BrClN2O2S2/c1-7-4-8(5-10(15)12(7)14)20(17,18)16-6-11-9(13)2-3-19-11/h2-5,16H,6,15H2,1H3. The zero-order valence-corrected chi connectivity index (χ0v) is 14.5. The third-order valence-corrected chi connectivity index (χ3v) is 6.50. The number of benzene rings is 1. The van der Waals surface area contributed by atoms with E-state index in [-0.39, 0.29) is 17.1 Å². The molecule has 1 aromatic carbocycles. The van der Waals surface area contributed by atoms with Crippen molar-refractivity contribution in [2.45, 2.75) is 18.4 Å². The summed E-state index contributed by atoms with van der Waals surface area (Å²) in [4.78, 5) is 1.02. The van der Waals surface area contributed by atoms with E-state index in [1.807, 2.05) is 11.4 Å². The molecule has 0 bridgehead atoms. The van der Waals surface area contributed by atoms with Gasteiger partial charge in [0, 0.05) is 15.9 Å². The monoisotopic (exact) mass is 394 g/mol. The minimum Gasteiger partial charge on any atom is -0.397 e. The molecule has 0 amide bonds. The number of hydrogen-bond acceptors (Lipinski definition) is 4. The van der Waals surface area contributed by atoms with Gasteiger partial charge in [0.15, 0.2) is 0 Å². The van der Waals surface area contributed by atoms with E-state index in [4.69, 9.17) is 17.3 Å². The molecule has 0 atom stereocenters. The Balaban J connectivity index is 2.25. The maximum Gasteiger partial charge on any atom is 0.240 e. The molecule has 0 fully saturated rings. The first-order valence-electron chi connectivity index (χ1n) is 5.58. The van der Waals surface area contributed by atoms with Crippen LogP contribution in [0.1, 0.15) is 10.4 Å². The minimum absolute atomic E-state index is 0.115. The zero-order valence-electron chi connectivity index (χ0n) is 10.5. The van der Waals surface area contributed by atoms with E-state index in [1.54, 1.807) is 6.92 Å². The summed E-state index contributed by atoms with van der Waals surface area (Å²) < 4.78 is 27.9. The van der Waals surface area contributed by atoms with Gasteiger partial charge in [0.05, 0.1) is 15.6 Å². The number of anilines is 1. The van der Waals surface area contributed by atoms with Crippen LogP contribution in [-0.4, -0.2) is 8.42 Å². The van der Waals surface area contributed by atoms with Gasteiger partial charge in [0.1, 0.15) is 0 Å². The van der Waals surface area contributed by atoms with Gasteiger partial charge in [-0.25, -0.2) is 13.1 Å². The maximum absolute atomic E-state index is 12.2. The summed E-state index contributed by atoms with van der Waals surface area (Å²) in [5.41, 5.74) is 6.59. The fourth-order valence-electron chi connectivity index (χ4n) is 1.61. The molecule has 3 N–H and O–H groups in total. The second-order valence-electron chi connectivity index (χ2n) is 4.16. The van der Waals surface area contributed by atoms with Crippen LogP contribution in [0.25, 0.3) is 0 Å². The molecule has 0 unspecified atom stereocenters. The highest BCUT2D eigenvalue weighted by atomic mass is 79.9. The second kappa shape index (κ2) is 6.03. The molecule has 0 spiro atoms. The van der Waals surface area contributed by atoms with Crippen LogP contribution < -0.4 is 10.5 Å². The normalized spacial score (nSPS) is 11.8. The molecule has 1 aromatic heterocycles. The number of hydrogen-bond donors (Lipinski definition) is 2. The quantitative estimate of drug-likeness (QED) is 0.778. The van der Waals surface area contributed by atoms with Gasteiger partial charge in [-0.05, 0) is 52.0 Å². The number of sulfonamides is 1. The molecule has 0 aliphatic rings. The van der Waals surface area contributed by atoms with Crippen molar-refractivity contribution in [3.05, 3.63) is 43.5 Å². The lowest BCUT2D eigenvalue weighted by Crippen LogP contribution is -2.23. The number of thiophene rings is 1. The van der Waals surface area contributed by atoms with E-state index in [0.29, 0.717) is 10.6 Å². The SMILES string of the molecule is Cc1cc(S(=O)(=O)NCc2sccc2Br)cc(N)c1Cl. The second-order valence-corrected chi connectivity index (χ2v) is 8.16. The Morgan fingerprint density at radius 3 is 2.70 bits per heavy atom. The van der Waals surface area contributed by atoms with Gasteiger partial charge in [-0.2, -0.15) is 0 Å². The first kappa shape index (κ1) is 15.8. The Morgan fingerprint density at radius 2 is 2.15 bits per heavy atom. The minimum atomic E-state index is -3.62. The smallest absolute Gasteiger partial charge is 0.240 e. The summed E-state index contributed by atoms with van der Waals surface area (Å²) in [7, 11) is -3.62. The van der Waals surface area contributed by atoms with E-state index < -0.39 is 10.0 Å². The van der Waals surface area contributed by atoms with Crippen LogP contribution in [-0.2, 0) is 16.6 Å². The molecule has 8 heteroatoms. The predicted octanol–water partition coefficient (Wildman–Crippen LogP) is 3.53. The highest BCUT2D eigenvalue weighted by molar-refractivity contribution is 9.10. The average Bonchev–Trinajstić information content (AvgIpc) is 2.78. The maximum atomic E-state index is 12.2. The third kappa shape index (κ3) is 3.35. The number of nitrogen functional groups attached to an aromatic ring is 1. The summed E-state index contributed by atoms with van der Waals surface area (Å²) in [5.74, 6) is 0. The van der Waals surface area contributed by atoms with Gasteiger partial charge in [-0.3, -0.25) is 0 Å². The molecule has 0 saturated carbocycles. The molecule has 108 valence electrons. The van der Waals surface area contributed by atoms with Gasteiger partial charge in [-0.1, -0.05) is 11.6 Å². The first-order chi connectivity index (χ1) is 9.31. The Bertz CT molecular complexity index is 721. The highest BCUT2D eigenvalue weighted by Crippen LogP contribution is 2.27. The summed E-state index contributed by atoms with van der Waals surface area (Å²) in [6.45, 7) is 1.94. The van der Waals surface area contributed by atoms with Crippen LogP contribution in [0.5, 0.6) is 0 Å². The van der Waals surface area contributed by atoms with Gasteiger partial charge < -0.3 is 5.73 Å². The van der Waals surface area contributed by atoms with E-state index in [2.05, 4.69) is 20.7 Å². The van der Waals surface area contributed by atoms with Gasteiger partial charge >= 0.3 is 0 Å². The van der Waals surface area contributed by atoms with Crippen molar-refractivity contribution in [1.82, 2.24) is 4.72 Å². The molecule has 0 radical (unpaired) electrons. The number of rotatable bonds is 4. The topological polar surface area (TPSA) is 72.2 Å². The number of nitrogens with two attached hydrogens (primary N) is 1. The highest BCUT2D eigenvalue weighted by Gasteiger charge is 2.17. The van der Waals surface area contributed by atoms with Crippen molar-refractivity contribution in [1.29, 1.82) is 0 Å². The Labute approximate surface area is 135 Å². The van der Waals surface area contributed by atoms with Crippen molar-refractivity contribution in [3.63, 3.8) is 0 Å². The van der Waals surface area contributed by atoms with Crippen LogP contribution in [0.3, 0.4) is 0 Å². The van der Waals surface area contributed by atoms with Crippen molar-refractivity contribution < 1.29 is 8.42 Å². The van der Waals surface area contributed by atoms with Crippen LogP contribution in [0.15, 0.2) is 32.9 Å². The first-order valence-corrected chi connectivity index (χ1v) is 9.12. The van der Waals surface area contributed by atoms with Gasteiger partial charge in [0.25, 0.3) is 0 Å². The molecule has 1 heterocycles. The fourth-order valence-corrected chi connectivity index (χ4v) is 4.36. The number of nitrogens with one attached hydrogen (secondary N) is 1. The number of halogens is 2. The van der Waals surface area contributed by atoms with Crippen molar-refractivity contribution >= 4 is 54.6 Å². The summed E-state index contributed by atoms with van der Waals surface area (Å²) in [6, 6.07) is 4.74. The zero-order chi connectivity index (χ0) is 14.9. The van der Waals surface area contributed by atoms with Crippen molar-refractivity contribution in [3.8, 4) is 0 Å². The van der Waals surface area contributed by atoms with Gasteiger partial charge in [-0.15, -0.1) is 11.3 Å². The predicted molar refractivity (Wildman–Crippen MR) is 86.6 cm³/mol. The van der Waals surface area contributed by atoms with Crippen LogP contribution >= 0.6 is 38.9 Å². The molecule has 0 aliphatic carbocycles. The van der Waals surface area contributed by atoms with Crippen molar-refractivity contribution in [2.24, 2.45) is 0 Å². The molecular formula is C12H12BrClN2O2S2. The van der Waals surface area contributed by atoms with E-state index in [9.17, 15) is 8.42 Å². The number of aryl methyl sites for hydroxylation is 1. The summed E-state index contributed by atoms with van der Waals surface area (Å²) >= 11 is 10.8. The lowest BCUT2D eigenvalue weighted by molar-refractivity contribution is 0.581. The lowest BCUT2D eigenvalue weighted by Gasteiger charge is -2.09. The third-order valence-electron chi connectivity index (χ3n) is 2.68. The van der Waals surface area contributed by atoms with E-state index in [1.165, 1.54) is 23.5 Å². The Hall–Kier alpha value is -0.600. The largest absolute Gasteiger partial charge is 0.397 e. The van der Waals surface area contributed by atoms with Crippen LogP contribution in [0.2, 0.25) is 5.02 Å². The summed E-state index contributed by atoms with van der Waals surface area (Å²) in [6.07, 6.45) is 0. The molecule has 0 aliphatic heterocycles. The average molecular weight is 396 g/mol. The molecule has 4 nitrogen and oxygen atoms in total. The van der Waals surface area contributed by atoms with E-state index in [0.717, 1.165) is 9.35 Å². The molecule has 2 aromatic rings. The Kier molecular flexibility index (Phi) is 4.76. The van der Waals surface area contributed by atoms with E-state index >= 15 is 0 Å². The Morgan fingerprint density at radius 1 is 1.45 bits per heavy atom. The molecule has 2 rings (SSSR count). The van der Waals surface area contributed by atoms with Crippen molar-refractivity contribution in [2.75, 3.05) is 5.73 Å². The fraction of sp³-hybridized carbons (Fsp3) is 0.167. The molecular weight excluding hydrogens is 384 g/mol. The van der Waals surface area contributed by atoms with Gasteiger partial charge in [0.2, 0.25) is 10.0 Å². The summed E-state index contributed by atoms with van der Waals surface area (Å²) in [5, 5.41) is 2.27. The molecule has 0 saturated heterocycles.